The summed E-state index contributed by atoms with van der Waals surface area (Å²) in [5.74, 6) is -0.133. The van der Waals surface area contributed by atoms with Crippen molar-refractivity contribution in [3.8, 4) is 0 Å². The van der Waals surface area contributed by atoms with Crippen LogP contribution in [0, 0.1) is 0 Å². The van der Waals surface area contributed by atoms with Gasteiger partial charge in [0.15, 0.2) is 0 Å². The standard InChI is InChI=1S/C17H26O2/c1-14-13-15-11-9-7-5-3-2-4-6-8-10-12-16(15)19-17(14)18/h11,13,16H,2-10,12H2,1H3/b15-11+. The molecule has 0 bridgehead atoms. The van der Waals surface area contributed by atoms with E-state index in [2.05, 4.69) is 6.08 Å². The quantitative estimate of drug-likeness (QED) is 0.591. The highest BCUT2D eigenvalue weighted by molar-refractivity contribution is 5.90. The van der Waals surface area contributed by atoms with Gasteiger partial charge in [-0.25, -0.2) is 4.79 Å². The van der Waals surface area contributed by atoms with Crippen molar-refractivity contribution in [3.63, 3.8) is 0 Å². The molecule has 1 atom stereocenters. The maximum atomic E-state index is 11.7. The van der Waals surface area contributed by atoms with E-state index >= 15 is 0 Å². The molecule has 0 radical (unpaired) electrons. The van der Waals surface area contributed by atoms with Crippen LogP contribution in [0.1, 0.15) is 71.1 Å². The third kappa shape index (κ3) is 4.52. The molecule has 0 spiro atoms. The summed E-state index contributed by atoms with van der Waals surface area (Å²) in [6, 6.07) is 0. The van der Waals surface area contributed by atoms with E-state index in [4.69, 9.17) is 4.74 Å². The fraction of sp³-hybridized carbons (Fsp3) is 0.706. The second-order valence-corrected chi connectivity index (χ2v) is 5.83. The van der Waals surface area contributed by atoms with Gasteiger partial charge in [-0.1, -0.05) is 44.6 Å². The average Bonchev–Trinajstić information content (AvgIpc) is 2.41. The van der Waals surface area contributed by atoms with Gasteiger partial charge >= 0.3 is 5.97 Å². The molecule has 0 aromatic heterocycles. The highest BCUT2D eigenvalue weighted by Crippen LogP contribution is 2.25. The van der Waals surface area contributed by atoms with E-state index in [1.807, 2.05) is 13.0 Å². The fourth-order valence-electron chi connectivity index (χ4n) is 2.91. The molecule has 0 aromatic carbocycles. The lowest BCUT2D eigenvalue weighted by Crippen LogP contribution is -2.25. The molecule has 2 aliphatic rings. The van der Waals surface area contributed by atoms with Crippen molar-refractivity contribution in [2.24, 2.45) is 0 Å². The fourth-order valence-corrected chi connectivity index (χ4v) is 2.91. The molecule has 0 saturated carbocycles. The minimum absolute atomic E-state index is 0.0111. The van der Waals surface area contributed by atoms with Crippen molar-refractivity contribution in [2.75, 3.05) is 0 Å². The number of hydrogen-bond donors (Lipinski definition) is 0. The number of rotatable bonds is 0. The second-order valence-electron chi connectivity index (χ2n) is 5.83. The van der Waals surface area contributed by atoms with E-state index in [0.717, 1.165) is 18.4 Å². The molecule has 106 valence electrons. The smallest absolute Gasteiger partial charge is 0.334 e. The highest BCUT2D eigenvalue weighted by Gasteiger charge is 2.23. The Labute approximate surface area is 116 Å². The maximum Gasteiger partial charge on any atom is 0.334 e. The molecule has 0 amide bonds. The minimum atomic E-state index is -0.133. The number of hydrogen-bond acceptors (Lipinski definition) is 2. The summed E-state index contributed by atoms with van der Waals surface area (Å²) in [5, 5.41) is 0. The van der Waals surface area contributed by atoms with Gasteiger partial charge in [-0.2, -0.15) is 0 Å². The summed E-state index contributed by atoms with van der Waals surface area (Å²) < 4.78 is 5.56. The Kier molecular flexibility index (Phi) is 5.68. The number of allylic oxidation sites excluding steroid dienone is 1. The van der Waals surface area contributed by atoms with Gasteiger partial charge in [0, 0.05) is 5.57 Å². The zero-order valence-electron chi connectivity index (χ0n) is 12.1. The molecule has 19 heavy (non-hydrogen) atoms. The Bertz CT molecular complexity index is 365. The Morgan fingerprint density at radius 1 is 1.00 bits per heavy atom. The van der Waals surface area contributed by atoms with Gasteiger partial charge in [-0.15, -0.1) is 0 Å². The predicted molar refractivity (Wildman–Crippen MR) is 77.9 cm³/mol. The average molecular weight is 262 g/mol. The molecule has 1 aliphatic carbocycles. The van der Waals surface area contributed by atoms with Gasteiger partial charge < -0.3 is 4.74 Å². The zero-order chi connectivity index (χ0) is 13.5. The SMILES string of the molecule is CC1=C/C2=C\CCCCCCCCCCC2OC1=O. The van der Waals surface area contributed by atoms with Crippen LogP contribution >= 0.6 is 0 Å². The predicted octanol–water partition coefficient (Wildman–Crippen LogP) is 4.70. The first-order valence-corrected chi connectivity index (χ1v) is 7.87. The number of fused-ring (bicyclic) bond motifs is 1. The maximum absolute atomic E-state index is 11.7. The van der Waals surface area contributed by atoms with Crippen LogP contribution < -0.4 is 0 Å². The molecule has 0 saturated heterocycles. The van der Waals surface area contributed by atoms with Crippen LogP contribution in [0.5, 0.6) is 0 Å². The van der Waals surface area contributed by atoms with Gasteiger partial charge in [0.05, 0.1) is 0 Å². The van der Waals surface area contributed by atoms with Crippen molar-refractivity contribution in [3.05, 3.63) is 23.3 Å². The Balaban J connectivity index is 2.03. The third-order valence-corrected chi connectivity index (χ3v) is 4.13. The van der Waals surface area contributed by atoms with Gasteiger partial charge in [0.2, 0.25) is 0 Å². The summed E-state index contributed by atoms with van der Waals surface area (Å²) in [6.07, 6.45) is 16.9. The van der Waals surface area contributed by atoms with Gasteiger partial charge in [0.25, 0.3) is 0 Å². The van der Waals surface area contributed by atoms with E-state index in [0.29, 0.717) is 0 Å². The van der Waals surface area contributed by atoms with Crippen LogP contribution in [-0.2, 0) is 9.53 Å². The lowest BCUT2D eigenvalue weighted by Gasteiger charge is -2.24. The lowest BCUT2D eigenvalue weighted by molar-refractivity contribution is -0.143. The molecule has 1 aliphatic heterocycles. The van der Waals surface area contributed by atoms with Crippen molar-refractivity contribution in [1.29, 1.82) is 0 Å². The largest absolute Gasteiger partial charge is 0.454 e. The first-order chi connectivity index (χ1) is 9.27. The molecule has 2 rings (SSSR count). The summed E-state index contributed by atoms with van der Waals surface area (Å²) in [6.45, 7) is 1.85. The monoisotopic (exact) mass is 262 g/mol. The molecule has 1 unspecified atom stereocenters. The van der Waals surface area contributed by atoms with Crippen LogP contribution in [0.15, 0.2) is 23.3 Å². The van der Waals surface area contributed by atoms with Crippen LogP contribution in [0.2, 0.25) is 0 Å². The van der Waals surface area contributed by atoms with Crippen molar-refractivity contribution < 1.29 is 9.53 Å². The van der Waals surface area contributed by atoms with Crippen molar-refractivity contribution >= 4 is 5.97 Å². The number of esters is 1. The van der Waals surface area contributed by atoms with Gasteiger partial charge in [-0.05, 0) is 44.3 Å². The number of carbonyl (C=O) groups is 1. The van der Waals surface area contributed by atoms with Gasteiger partial charge in [0.1, 0.15) is 6.10 Å². The number of ether oxygens (including phenoxy) is 1. The summed E-state index contributed by atoms with van der Waals surface area (Å²) in [7, 11) is 0. The molecular weight excluding hydrogens is 236 g/mol. The van der Waals surface area contributed by atoms with E-state index in [-0.39, 0.29) is 12.1 Å². The van der Waals surface area contributed by atoms with Crippen LogP contribution in [0.3, 0.4) is 0 Å². The Hall–Kier alpha value is -1.05. The molecule has 0 aromatic rings. The normalized spacial score (nSPS) is 29.5. The Morgan fingerprint density at radius 2 is 1.63 bits per heavy atom. The second kappa shape index (κ2) is 7.52. The molecule has 0 fully saturated rings. The van der Waals surface area contributed by atoms with Crippen molar-refractivity contribution in [2.45, 2.75) is 77.2 Å². The number of carbonyl (C=O) groups excluding carboxylic acids is 1. The first-order valence-electron chi connectivity index (χ1n) is 7.87. The van der Waals surface area contributed by atoms with Crippen LogP contribution in [0.25, 0.3) is 0 Å². The van der Waals surface area contributed by atoms with Crippen LogP contribution in [0.4, 0.5) is 0 Å². The van der Waals surface area contributed by atoms with E-state index in [1.165, 1.54) is 56.9 Å². The van der Waals surface area contributed by atoms with E-state index in [9.17, 15) is 4.79 Å². The molecular formula is C17H26O2. The topological polar surface area (TPSA) is 26.3 Å². The molecule has 1 heterocycles. The van der Waals surface area contributed by atoms with E-state index in [1.54, 1.807) is 0 Å². The third-order valence-electron chi connectivity index (χ3n) is 4.13. The van der Waals surface area contributed by atoms with Crippen molar-refractivity contribution in [1.82, 2.24) is 0 Å². The minimum Gasteiger partial charge on any atom is -0.454 e. The summed E-state index contributed by atoms with van der Waals surface area (Å²) in [4.78, 5) is 11.7. The zero-order valence-corrected chi connectivity index (χ0v) is 12.1. The molecule has 0 N–H and O–H groups in total. The Morgan fingerprint density at radius 3 is 2.37 bits per heavy atom. The molecule has 2 heteroatoms. The lowest BCUT2D eigenvalue weighted by atomic mass is 9.97. The summed E-state index contributed by atoms with van der Waals surface area (Å²) in [5.41, 5.74) is 1.98. The van der Waals surface area contributed by atoms with Gasteiger partial charge in [-0.3, -0.25) is 0 Å². The first kappa shape index (κ1) is 14.4. The molecule has 2 nitrogen and oxygen atoms in total. The van der Waals surface area contributed by atoms with Crippen LogP contribution in [-0.4, -0.2) is 12.1 Å². The highest BCUT2D eigenvalue weighted by atomic mass is 16.5. The van der Waals surface area contributed by atoms with E-state index < -0.39 is 0 Å². The summed E-state index contributed by atoms with van der Waals surface area (Å²) >= 11 is 0.